The van der Waals surface area contributed by atoms with E-state index in [1.165, 1.54) is 11.3 Å². The van der Waals surface area contributed by atoms with Crippen LogP contribution in [0.2, 0.25) is 0 Å². The molecule has 0 unspecified atom stereocenters. The van der Waals surface area contributed by atoms with E-state index in [1.54, 1.807) is 21.8 Å². The third-order valence-electron chi connectivity index (χ3n) is 3.98. The van der Waals surface area contributed by atoms with Gasteiger partial charge < -0.3 is 4.52 Å². The van der Waals surface area contributed by atoms with Crippen LogP contribution in [0.5, 0.6) is 0 Å². The highest BCUT2D eigenvalue weighted by Crippen LogP contribution is 2.39. The molecule has 1 atom stereocenters. The summed E-state index contributed by atoms with van der Waals surface area (Å²) in [6, 6.07) is 10.7. The van der Waals surface area contributed by atoms with Gasteiger partial charge in [-0.15, -0.1) is 11.3 Å². The SMILES string of the molecule is O=S(=O)(c1cccs1)N1CCC[C@@H]1c1noc2ccccc12. The van der Waals surface area contributed by atoms with Crippen LogP contribution in [0.4, 0.5) is 0 Å². The van der Waals surface area contributed by atoms with Gasteiger partial charge in [-0.05, 0) is 36.4 Å². The lowest BCUT2D eigenvalue weighted by atomic mass is 10.1. The van der Waals surface area contributed by atoms with Gasteiger partial charge in [0, 0.05) is 11.9 Å². The Hall–Kier alpha value is -1.70. The minimum atomic E-state index is -3.47. The molecule has 0 amide bonds. The van der Waals surface area contributed by atoms with Crippen LogP contribution in [0.25, 0.3) is 11.0 Å². The van der Waals surface area contributed by atoms with Gasteiger partial charge in [0.25, 0.3) is 10.0 Å². The van der Waals surface area contributed by atoms with E-state index >= 15 is 0 Å². The molecular formula is C15H14N2O3S2. The van der Waals surface area contributed by atoms with E-state index in [-0.39, 0.29) is 6.04 Å². The third-order valence-corrected chi connectivity index (χ3v) is 7.26. The molecule has 1 aromatic carbocycles. The van der Waals surface area contributed by atoms with Gasteiger partial charge >= 0.3 is 0 Å². The lowest BCUT2D eigenvalue weighted by Crippen LogP contribution is -2.30. The van der Waals surface area contributed by atoms with Crippen molar-refractivity contribution in [3.05, 3.63) is 47.5 Å². The van der Waals surface area contributed by atoms with Crippen LogP contribution >= 0.6 is 11.3 Å². The van der Waals surface area contributed by atoms with Crippen LogP contribution in [0.1, 0.15) is 24.6 Å². The van der Waals surface area contributed by atoms with E-state index in [2.05, 4.69) is 5.16 Å². The molecule has 5 nitrogen and oxygen atoms in total. The van der Waals surface area contributed by atoms with E-state index < -0.39 is 10.0 Å². The number of hydrogen-bond acceptors (Lipinski definition) is 5. The van der Waals surface area contributed by atoms with Crippen LogP contribution in [0, 0.1) is 0 Å². The number of hydrogen-bond donors (Lipinski definition) is 0. The highest BCUT2D eigenvalue weighted by atomic mass is 32.2. The van der Waals surface area contributed by atoms with Crippen LogP contribution in [0.15, 0.2) is 50.5 Å². The van der Waals surface area contributed by atoms with E-state index in [9.17, 15) is 8.42 Å². The van der Waals surface area contributed by atoms with Gasteiger partial charge in [0.15, 0.2) is 5.58 Å². The number of para-hydroxylation sites is 1. The summed E-state index contributed by atoms with van der Waals surface area (Å²) in [5, 5.41) is 6.82. The lowest BCUT2D eigenvalue weighted by molar-refractivity contribution is 0.367. The summed E-state index contributed by atoms with van der Waals surface area (Å²) in [7, 11) is -3.47. The first kappa shape index (κ1) is 13.9. The molecule has 0 N–H and O–H groups in total. The Morgan fingerprint density at radius 3 is 2.91 bits per heavy atom. The quantitative estimate of drug-likeness (QED) is 0.736. The van der Waals surface area contributed by atoms with Crippen LogP contribution in [-0.2, 0) is 10.0 Å². The van der Waals surface area contributed by atoms with Gasteiger partial charge in [0.05, 0.1) is 6.04 Å². The largest absolute Gasteiger partial charge is 0.356 e. The Morgan fingerprint density at radius 2 is 2.09 bits per heavy atom. The van der Waals surface area contributed by atoms with E-state index in [1.807, 2.05) is 24.3 Å². The normalized spacial score (nSPS) is 19.9. The second-order valence-electron chi connectivity index (χ2n) is 5.27. The molecule has 114 valence electrons. The molecule has 7 heteroatoms. The Kier molecular flexibility index (Phi) is 3.28. The summed E-state index contributed by atoms with van der Waals surface area (Å²) in [6.07, 6.45) is 1.59. The van der Waals surface area contributed by atoms with Crippen molar-refractivity contribution in [2.45, 2.75) is 23.1 Å². The number of rotatable bonds is 3. The maximum atomic E-state index is 12.8. The van der Waals surface area contributed by atoms with Gasteiger partial charge in [-0.1, -0.05) is 23.4 Å². The van der Waals surface area contributed by atoms with Crippen molar-refractivity contribution in [2.24, 2.45) is 0 Å². The Balaban J connectivity index is 1.79. The average Bonchev–Trinajstić information content (AvgIpc) is 3.26. The second kappa shape index (κ2) is 5.19. The maximum Gasteiger partial charge on any atom is 0.253 e. The topological polar surface area (TPSA) is 63.4 Å². The smallest absolute Gasteiger partial charge is 0.253 e. The van der Waals surface area contributed by atoms with Gasteiger partial charge in [0.1, 0.15) is 9.90 Å². The first-order valence-corrected chi connectivity index (χ1v) is 9.39. The number of sulfonamides is 1. The molecule has 3 aromatic rings. The van der Waals surface area contributed by atoms with Crippen LogP contribution < -0.4 is 0 Å². The molecular weight excluding hydrogens is 320 g/mol. The number of aromatic nitrogens is 1. The fraction of sp³-hybridized carbons (Fsp3) is 0.267. The zero-order valence-corrected chi connectivity index (χ0v) is 13.3. The summed E-state index contributed by atoms with van der Waals surface area (Å²) < 4.78 is 32.9. The van der Waals surface area contributed by atoms with Crippen molar-refractivity contribution in [2.75, 3.05) is 6.54 Å². The molecule has 22 heavy (non-hydrogen) atoms. The predicted octanol–water partition coefficient (Wildman–Crippen LogP) is 3.42. The standard InChI is InChI=1S/C15H14N2O3S2/c18-22(19,14-8-4-10-21-14)17-9-3-6-12(17)15-11-5-1-2-7-13(11)20-16-15/h1-2,4-5,7-8,10,12H,3,6,9H2/t12-/m1/s1. The van der Waals surface area contributed by atoms with Gasteiger partial charge in [-0.25, -0.2) is 8.42 Å². The molecule has 3 heterocycles. The zero-order chi connectivity index (χ0) is 15.2. The molecule has 2 aromatic heterocycles. The maximum absolute atomic E-state index is 12.8. The summed E-state index contributed by atoms with van der Waals surface area (Å²) in [6.45, 7) is 0.520. The second-order valence-corrected chi connectivity index (χ2v) is 8.33. The fourth-order valence-electron chi connectivity index (χ4n) is 2.97. The summed E-state index contributed by atoms with van der Waals surface area (Å²) in [5.74, 6) is 0. The van der Waals surface area contributed by atoms with Gasteiger partial charge in [0.2, 0.25) is 0 Å². The molecule has 1 saturated heterocycles. The van der Waals surface area contributed by atoms with E-state index in [4.69, 9.17) is 4.52 Å². The van der Waals surface area contributed by atoms with Crippen molar-refractivity contribution in [1.82, 2.24) is 9.46 Å². The fourth-order valence-corrected chi connectivity index (χ4v) is 5.75. The molecule has 1 aliphatic heterocycles. The summed E-state index contributed by atoms with van der Waals surface area (Å²) in [5.41, 5.74) is 1.41. The molecule has 0 aliphatic carbocycles. The van der Waals surface area contributed by atoms with E-state index in [0.717, 1.165) is 18.2 Å². The van der Waals surface area contributed by atoms with E-state index in [0.29, 0.717) is 22.0 Å². The molecule has 4 rings (SSSR count). The molecule has 0 radical (unpaired) electrons. The highest BCUT2D eigenvalue weighted by molar-refractivity contribution is 7.91. The summed E-state index contributed by atoms with van der Waals surface area (Å²) in [4.78, 5) is 0. The van der Waals surface area contributed by atoms with Crippen molar-refractivity contribution < 1.29 is 12.9 Å². The number of fused-ring (bicyclic) bond motifs is 1. The molecule has 1 aliphatic rings. The Bertz CT molecular complexity index is 900. The molecule has 0 spiro atoms. The number of thiophene rings is 1. The highest BCUT2D eigenvalue weighted by Gasteiger charge is 2.39. The van der Waals surface area contributed by atoms with Crippen LogP contribution in [0.3, 0.4) is 0 Å². The van der Waals surface area contributed by atoms with Crippen LogP contribution in [-0.4, -0.2) is 24.4 Å². The molecule has 0 bridgehead atoms. The van der Waals surface area contributed by atoms with Gasteiger partial charge in [-0.3, -0.25) is 0 Å². The minimum Gasteiger partial charge on any atom is -0.356 e. The Morgan fingerprint density at radius 1 is 1.23 bits per heavy atom. The predicted molar refractivity (Wildman–Crippen MR) is 84.2 cm³/mol. The molecule has 0 saturated carbocycles. The minimum absolute atomic E-state index is 0.254. The average molecular weight is 334 g/mol. The first-order chi connectivity index (χ1) is 10.7. The zero-order valence-electron chi connectivity index (χ0n) is 11.7. The van der Waals surface area contributed by atoms with Crippen molar-refractivity contribution >= 4 is 32.3 Å². The van der Waals surface area contributed by atoms with Crippen molar-refractivity contribution in [3.63, 3.8) is 0 Å². The number of nitrogens with zero attached hydrogens (tertiary/aromatic N) is 2. The first-order valence-electron chi connectivity index (χ1n) is 7.07. The monoisotopic (exact) mass is 334 g/mol. The van der Waals surface area contributed by atoms with Crippen molar-refractivity contribution in [3.8, 4) is 0 Å². The lowest BCUT2D eigenvalue weighted by Gasteiger charge is -2.21. The number of benzene rings is 1. The summed E-state index contributed by atoms with van der Waals surface area (Å²) >= 11 is 1.25. The van der Waals surface area contributed by atoms with Gasteiger partial charge in [-0.2, -0.15) is 4.31 Å². The molecule has 1 fully saturated rings. The Labute approximate surface area is 132 Å². The third kappa shape index (κ3) is 2.08. The van der Waals surface area contributed by atoms with Crippen molar-refractivity contribution in [1.29, 1.82) is 0 Å².